The fraction of sp³-hybridized carbons (Fsp3) is 0.235. The molecule has 0 radical (unpaired) electrons. The van der Waals surface area contributed by atoms with E-state index in [2.05, 4.69) is 9.82 Å². The minimum absolute atomic E-state index is 0.317. The first-order valence-electron chi connectivity index (χ1n) is 7.93. The van der Waals surface area contributed by atoms with Crippen molar-refractivity contribution in [3.63, 3.8) is 0 Å². The van der Waals surface area contributed by atoms with E-state index in [1.54, 1.807) is 24.3 Å². The summed E-state index contributed by atoms with van der Waals surface area (Å²) in [7, 11) is -7.01. The van der Waals surface area contributed by atoms with Gasteiger partial charge in [0.25, 0.3) is 0 Å². The molecule has 0 aromatic heterocycles. The topological polar surface area (TPSA) is 95.9 Å². The number of benzene rings is 2. The lowest BCUT2D eigenvalue weighted by Crippen LogP contribution is -2.25. The molecule has 144 valence electrons. The van der Waals surface area contributed by atoms with E-state index >= 15 is 0 Å². The number of hydrogen-bond donors (Lipinski definition) is 1. The second kappa shape index (κ2) is 6.93. The van der Waals surface area contributed by atoms with Gasteiger partial charge in [0.1, 0.15) is 5.82 Å². The van der Waals surface area contributed by atoms with Crippen molar-refractivity contribution in [2.24, 2.45) is 5.10 Å². The molecule has 0 saturated carbocycles. The van der Waals surface area contributed by atoms with Gasteiger partial charge in [0.2, 0.25) is 20.0 Å². The minimum Gasteiger partial charge on any atom is -0.284 e. The summed E-state index contributed by atoms with van der Waals surface area (Å²) in [5.74, 6) is -0.405. The Morgan fingerprint density at radius 1 is 1.00 bits per heavy atom. The van der Waals surface area contributed by atoms with E-state index in [9.17, 15) is 21.2 Å². The molecule has 0 aliphatic carbocycles. The van der Waals surface area contributed by atoms with Gasteiger partial charge in [0, 0.05) is 12.1 Å². The molecule has 0 bridgehead atoms. The molecule has 27 heavy (non-hydrogen) atoms. The second-order valence-corrected chi connectivity index (χ2v) is 9.89. The predicted octanol–water partition coefficient (Wildman–Crippen LogP) is 2.31. The van der Waals surface area contributed by atoms with Gasteiger partial charge in [-0.3, -0.25) is 4.72 Å². The minimum atomic E-state index is -3.62. The lowest BCUT2D eigenvalue weighted by Gasteiger charge is -2.21. The average Bonchev–Trinajstić information content (AvgIpc) is 3.00. The Kier molecular flexibility index (Phi) is 4.96. The Bertz CT molecular complexity index is 1080. The normalized spacial score (nSPS) is 17.7. The zero-order chi connectivity index (χ0) is 19.8. The van der Waals surface area contributed by atoms with Crippen molar-refractivity contribution in [3.05, 3.63) is 65.5 Å². The highest BCUT2D eigenvalue weighted by Gasteiger charge is 2.34. The van der Waals surface area contributed by atoms with Crippen LogP contribution in [0.15, 0.2) is 53.6 Å². The van der Waals surface area contributed by atoms with Gasteiger partial charge >= 0.3 is 0 Å². The van der Waals surface area contributed by atoms with Crippen LogP contribution in [-0.2, 0) is 20.0 Å². The van der Waals surface area contributed by atoms with Crippen LogP contribution in [-0.4, -0.2) is 39.5 Å². The SMILES string of the molecule is CS(=O)(=O)Nc1ccc(C2=NN(S(C)(=O)=O)[C@@H](c3ccc(F)cc3)C2)cc1. The summed E-state index contributed by atoms with van der Waals surface area (Å²) in [4.78, 5) is 0. The third-order valence-corrected chi connectivity index (χ3v) is 5.61. The summed E-state index contributed by atoms with van der Waals surface area (Å²) in [5, 5.41) is 4.24. The molecule has 0 unspecified atom stereocenters. The van der Waals surface area contributed by atoms with E-state index in [-0.39, 0.29) is 0 Å². The van der Waals surface area contributed by atoms with E-state index in [0.717, 1.165) is 16.9 Å². The summed E-state index contributed by atoms with van der Waals surface area (Å²) in [6.07, 6.45) is 2.44. The highest BCUT2D eigenvalue weighted by molar-refractivity contribution is 7.92. The van der Waals surface area contributed by atoms with E-state index < -0.39 is 31.9 Å². The monoisotopic (exact) mass is 411 g/mol. The maximum Gasteiger partial charge on any atom is 0.247 e. The molecule has 0 amide bonds. The molecule has 10 heteroatoms. The third kappa shape index (κ3) is 4.64. The molecule has 3 rings (SSSR count). The number of nitrogens with zero attached hydrogens (tertiary/aromatic N) is 2. The quantitative estimate of drug-likeness (QED) is 0.817. The van der Waals surface area contributed by atoms with Gasteiger partial charge in [0.15, 0.2) is 0 Å². The summed E-state index contributed by atoms with van der Waals surface area (Å²) in [5.41, 5.74) is 2.25. The largest absolute Gasteiger partial charge is 0.284 e. The van der Waals surface area contributed by atoms with Crippen LogP contribution in [0.3, 0.4) is 0 Å². The van der Waals surface area contributed by atoms with Gasteiger partial charge in [-0.1, -0.05) is 24.3 Å². The van der Waals surface area contributed by atoms with Crippen LogP contribution in [0.1, 0.15) is 23.6 Å². The van der Waals surface area contributed by atoms with Crippen molar-refractivity contribution >= 4 is 31.4 Å². The molecule has 1 aliphatic heterocycles. The third-order valence-electron chi connectivity index (χ3n) is 3.99. The van der Waals surface area contributed by atoms with Gasteiger partial charge < -0.3 is 0 Å². The zero-order valence-corrected chi connectivity index (χ0v) is 16.3. The summed E-state index contributed by atoms with van der Waals surface area (Å²) >= 11 is 0. The van der Waals surface area contributed by atoms with E-state index in [1.165, 1.54) is 24.3 Å². The molecule has 7 nitrogen and oxygen atoms in total. The highest BCUT2D eigenvalue weighted by Crippen LogP contribution is 2.34. The molecular weight excluding hydrogens is 393 g/mol. The number of hydrogen-bond acceptors (Lipinski definition) is 5. The molecule has 2 aromatic rings. The molecule has 1 heterocycles. The number of sulfonamides is 2. The molecular formula is C17H18FN3O4S2. The highest BCUT2D eigenvalue weighted by atomic mass is 32.2. The lowest BCUT2D eigenvalue weighted by atomic mass is 9.99. The molecule has 0 fully saturated rings. The van der Waals surface area contributed by atoms with Crippen molar-refractivity contribution in [2.45, 2.75) is 12.5 Å². The number of anilines is 1. The smallest absolute Gasteiger partial charge is 0.247 e. The van der Waals surface area contributed by atoms with Crippen molar-refractivity contribution in [1.29, 1.82) is 0 Å². The van der Waals surface area contributed by atoms with Crippen molar-refractivity contribution < 1.29 is 21.2 Å². The van der Waals surface area contributed by atoms with E-state index in [0.29, 0.717) is 28.9 Å². The van der Waals surface area contributed by atoms with Crippen LogP contribution in [0, 0.1) is 5.82 Å². The molecule has 1 aliphatic rings. The maximum absolute atomic E-state index is 13.2. The van der Waals surface area contributed by atoms with Crippen molar-refractivity contribution in [1.82, 2.24) is 4.41 Å². The summed E-state index contributed by atoms with van der Waals surface area (Å²) in [6, 6.07) is 11.6. The van der Waals surface area contributed by atoms with Gasteiger partial charge in [-0.05, 0) is 35.4 Å². The molecule has 1 N–H and O–H groups in total. The van der Waals surface area contributed by atoms with E-state index in [4.69, 9.17) is 0 Å². The first kappa shape index (κ1) is 19.3. The first-order valence-corrected chi connectivity index (χ1v) is 11.7. The Morgan fingerprint density at radius 3 is 2.11 bits per heavy atom. The Balaban J connectivity index is 1.91. The van der Waals surface area contributed by atoms with Gasteiger partial charge in [-0.25, -0.2) is 21.2 Å². The zero-order valence-electron chi connectivity index (χ0n) is 14.6. The summed E-state index contributed by atoms with van der Waals surface area (Å²) in [6.45, 7) is 0. The lowest BCUT2D eigenvalue weighted by molar-refractivity contribution is 0.374. The number of halogens is 1. The van der Waals surface area contributed by atoms with Crippen molar-refractivity contribution in [3.8, 4) is 0 Å². The van der Waals surface area contributed by atoms with Crippen LogP contribution in [0.25, 0.3) is 0 Å². The van der Waals surface area contributed by atoms with Gasteiger partial charge in [-0.15, -0.1) is 0 Å². The fourth-order valence-electron chi connectivity index (χ4n) is 2.85. The van der Waals surface area contributed by atoms with Crippen molar-refractivity contribution in [2.75, 3.05) is 17.2 Å². The van der Waals surface area contributed by atoms with E-state index in [1.807, 2.05) is 0 Å². The van der Waals surface area contributed by atoms with Crippen LogP contribution in [0.5, 0.6) is 0 Å². The van der Waals surface area contributed by atoms with Crippen LogP contribution in [0.4, 0.5) is 10.1 Å². The Labute approximate surface area is 157 Å². The Hall–Kier alpha value is -2.46. The second-order valence-electron chi connectivity index (χ2n) is 6.31. The van der Waals surface area contributed by atoms with Crippen LogP contribution < -0.4 is 4.72 Å². The molecule has 2 aromatic carbocycles. The number of rotatable bonds is 5. The summed E-state index contributed by atoms with van der Waals surface area (Å²) < 4.78 is 63.4. The Morgan fingerprint density at radius 2 is 1.59 bits per heavy atom. The average molecular weight is 411 g/mol. The predicted molar refractivity (Wildman–Crippen MR) is 102 cm³/mol. The molecule has 0 saturated heterocycles. The van der Waals surface area contributed by atoms with Crippen LogP contribution >= 0.6 is 0 Å². The number of hydrazone groups is 1. The fourth-order valence-corrected chi connectivity index (χ4v) is 4.32. The van der Waals surface area contributed by atoms with Gasteiger partial charge in [0.05, 0.1) is 24.3 Å². The maximum atomic E-state index is 13.2. The van der Waals surface area contributed by atoms with Crippen LogP contribution in [0.2, 0.25) is 0 Å². The number of nitrogens with one attached hydrogen (secondary N) is 1. The molecule has 0 spiro atoms. The van der Waals surface area contributed by atoms with Gasteiger partial charge in [-0.2, -0.15) is 9.52 Å². The molecule has 1 atom stereocenters. The standard InChI is InChI=1S/C17H18FN3O4S2/c1-26(22,23)20-15-9-5-12(6-10-15)16-11-17(21(19-16)27(2,24)25)13-3-7-14(18)8-4-13/h3-10,17,20H,11H2,1-2H3/t17-/m1/s1. The first-order chi connectivity index (χ1) is 12.5.